The predicted octanol–water partition coefficient (Wildman–Crippen LogP) is 1.27. The summed E-state index contributed by atoms with van der Waals surface area (Å²) in [6.45, 7) is 1.86. The first-order valence-corrected chi connectivity index (χ1v) is 4.38. The molecule has 0 aliphatic carbocycles. The molecule has 2 heterocycles. The number of aromatic nitrogens is 2. The first-order chi connectivity index (χ1) is 6.70. The number of aryl methyl sites for hydroxylation is 1. The number of anilines is 1. The van der Waals surface area contributed by atoms with Crippen LogP contribution in [0.15, 0.2) is 23.1 Å². The molecule has 14 heavy (non-hydrogen) atoms. The average Bonchev–Trinajstić information content (AvgIpc) is 2.16. The van der Waals surface area contributed by atoms with E-state index >= 15 is 0 Å². The van der Waals surface area contributed by atoms with E-state index < -0.39 is 0 Å². The van der Waals surface area contributed by atoms with Gasteiger partial charge in [-0.25, -0.2) is 4.98 Å². The zero-order chi connectivity index (χ0) is 10.1. The van der Waals surface area contributed by atoms with Gasteiger partial charge in [0.15, 0.2) is 5.43 Å². The number of hydrogen-bond acceptors (Lipinski definition) is 3. The Hall–Kier alpha value is -1.84. The van der Waals surface area contributed by atoms with E-state index in [9.17, 15) is 4.79 Å². The molecular formula is C10H11N3O. The van der Waals surface area contributed by atoms with Crippen molar-refractivity contribution in [3.05, 3.63) is 34.2 Å². The van der Waals surface area contributed by atoms with Crippen LogP contribution in [0.1, 0.15) is 5.69 Å². The Labute approximate surface area is 81.0 Å². The van der Waals surface area contributed by atoms with Crippen molar-refractivity contribution in [2.75, 3.05) is 12.4 Å². The van der Waals surface area contributed by atoms with E-state index in [1.54, 1.807) is 19.3 Å². The van der Waals surface area contributed by atoms with E-state index in [1.165, 1.54) is 0 Å². The molecule has 0 fully saturated rings. The highest BCUT2D eigenvalue weighted by Gasteiger charge is 2.00. The number of nitrogens with zero attached hydrogens (tertiary/aromatic N) is 1. The minimum atomic E-state index is 0.00593. The maximum Gasteiger partial charge on any atom is 0.191 e. The van der Waals surface area contributed by atoms with Crippen molar-refractivity contribution in [1.29, 1.82) is 0 Å². The van der Waals surface area contributed by atoms with Crippen LogP contribution in [0.4, 0.5) is 5.82 Å². The second-order valence-electron chi connectivity index (χ2n) is 3.18. The fourth-order valence-electron chi connectivity index (χ4n) is 1.41. The summed E-state index contributed by atoms with van der Waals surface area (Å²) >= 11 is 0. The van der Waals surface area contributed by atoms with Gasteiger partial charge in [0.25, 0.3) is 0 Å². The normalized spacial score (nSPS) is 10.4. The van der Waals surface area contributed by atoms with Gasteiger partial charge in [-0.1, -0.05) is 0 Å². The Kier molecular flexibility index (Phi) is 1.96. The number of rotatable bonds is 1. The Morgan fingerprint density at radius 1 is 1.43 bits per heavy atom. The smallest absolute Gasteiger partial charge is 0.191 e. The first kappa shape index (κ1) is 8.74. The summed E-state index contributed by atoms with van der Waals surface area (Å²) in [4.78, 5) is 18.7. The Balaban J connectivity index is 2.82. The van der Waals surface area contributed by atoms with E-state index in [4.69, 9.17) is 0 Å². The van der Waals surface area contributed by atoms with Crippen LogP contribution < -0.4 is 10.7 Å². The first-order valence-electron chi connectivity index (χ1n) is 4.38. The monoisotopic (exact) mass is 189 g/mol. The Morgan fingerprint density at radius 3 is 2.93 bits per heavy atom. The number of nitrogens with one attached hydrogen (secondary N) is 2. The number of hydrogen-bond donors (Lipinski definition) is 2. The summed E-state index contributed by atoms with van der Waals surface area (Å²) in [5, 5.41) is 3.54. The molecule has 0 aliphatic rings. The van der Waals surface area contributed by atoms with Gasteiger partial charge in [0.05, 0.1) is 10.9 Å². The van der Waals surface area contributed by atoms with Crippen molar-refractivity contribution in [3.63, 3.8) is 0 Å². The molecule has 2 rings (SSSR count). The number of aromatic amines is 1. The summed E-state index contributed by atoms with van der Waals surface area (Å²) in [5.41, 5.74) is 1.68. The van der Waals surface area contributed by atoms with Gasteiger partial charge < -0.3 is 10.3 Å². The summed E-state index contributed by atoms with van der Waals surface area (Å²) in [6.07, 6.45) is 1.58. The van der Waals surface area contributed by atoms with Gasteiger partial charge in [0.2, 0.25) is 0 Å². The summed E-state index contributed by atoms with van der Waals surface area (Å²) in [5.74, 6) is 0.749. The van der Waals surface area contributed by atoms with Crippen LogP contribution in [-0.2, 0) is 0 Å². The molecule has 2 aromatic heterocycles. The Bertz CT molecular complexity index is 530. The largest absolute Gasteiger partial charge is 0.373 e. The van der Waals surface area contributed by atoms with Gasteiger partial charge in [-0.05, 0) is 6.92 Å². The lowest BCUT2D eigenvalue weighted by molar-refractivity contribution is 1.22. The zero-order valence-corrected chi connectivity index (χ0v) is 8.09. The lowest BCUT2D eigenvalue weighted by atomic mass is 10.2. The molecule has 0 bridgehead atoms. The molecule has 72 valence electrons. The van der Waals surface area contributed by atoms with Crippen LogP contribution in [0.5, 0.6) is 0 Å². The van der Waals surface area contributed by atoms with Crippen LogP contribution in [0.25, 0.3) is 10.9 Å². The molecule has 0 atom stereocenters. The van der Waals surface area contributed by atoms with Crippen LogP contribution in [0, 0.1) is 6.92 Å². The molecule has 0 saturated heterocycles. The van der Waals surface area contributed by atoms with E-state index in [0.29, 0.717) is 5.39 Å². The summed E-state index contributed by atoms with van der Waals surface area (Å²) in [6, 6.07) is 3.40. The Morgan fingerprint density at radius 2 is 2.21 bits per heavy atom. The maximum atomic E-state index is 11.5. The van der Waals surface area contributed by atoms with Gasteiger partial charge in [-0.3, -0.25) is 4.79 Å². The molecule has 0 amide bonds. The molecule has 0 saturated carbocycles. The fourth-order valence-corrected chi connectivity index (χ4v) is 1.41. The van der Waals surface area contributed by atoms with Gasteiger partial charge in [-0.2, -0.15) is 0 Å². The van der Waals surface area contributed by atoms with Crippen molar-refractivity contribution in [3.8, 4) is 0 Å². The lowest BCUT2D eigenvalue weighted by Gasteiger charge is -2.02. The van der Waals surface area contributed by atoms with Crippen molar-refractivity contribution < 1.29 is 0 Å². The van der Waals surface area contributed by atoms with Gasteiger partial charge >= 0.3 is 0 Å². The summed E-state index contributed by atoms with van der Waals surface area (Å²) < 4.78 is 0. The molecule has 0 spiro atoms. The second-order valence-corrected chi connectivity index (χ2v) is 3.18. The molecule has 4 nitrogen and oxygen atoms in total. The second kappa shape index (κ2) is 3.14. The molecule has 4 heteroatoms. The minimum absolute atomic E-state index is 0.00593. The third-order valence-corrected chi connectivity index (χ3v) is 2.10. The molecular weight excluding hydrogens is 178 g/mol. The fraction of sp³-hybridized carbons (Fsp3) is 0.200. The number of pyridine rings is 2. The third-order valence-electron chi connectivity index (χ3n) is 2.10. The van der Waals surface area contributed by atoms with Gasteiger partial charge in [0, 0.05) is 31.1 Å². The van der Waals surface area contributed by atoms with Crippen LogP contribution in [-0.4, -0.2) is 17.0 Å². The van der Waals surface area contributed by atoms with Crippen LogP contribution in [0.3, 0.4) is 0 Å². The standard InChI is InChI=1S/C10H11N3O/c1-6-3-9(14)7-5-12-10(11-2)4-8(7)13-6/h3-5H,1-2H3,(H,11,12)(H,13,14). The van der Waals surface area contributed by atoms with E-state index in [-0.39, 0.29) is 5.43 Å². The van der Waals surface area contributed by atoms with E-state index in [0.717, 1.165) is 17.0 Å². The topological polar surface area (TPSA) is 57.8 Å². The van der Waals surface area contributed by atoms with Gasteiger partial charge in [-0.15, -0.1) is 0 Å². The highest BCUT2D eigenvalue weighted by molar-refractivity contribution is 5.79. The minimum Gasteiger partial charge on any atom is -0.373 e. The molecule has 2 N–H and O–H groups in total. The lowest BCUT2D eigenvalue weighted by Crippen LogP contribution is -2.04. The predicted molar refractivity (Wildman–Crippen MR) is 56.6 cm³/mol. The quantitative estimate of drug-likeness (QED) is 0.710. The molecule has 0 unspecified atom stereocenters. The molecule has 0 aliphatic heterocycles. The van der Waals surface area contributed by atoms with E-state index in [2.05, 4.69) is 15.3 Å². The molecule has 0 aromatic carbocycles. The zero-order valence-electron chi connectivity index (χ0n) is 8.09. The summed E-state index contributed by atoms with van der Waals surface area (Å²) in [7, 11) is 1.79. The molecule has 0 radical (unpaired) electrons. The van der Waals surface area contributed by atoms with Gasteiger partial charge in [0.1, 0.15) is 5.82 Å². The number of fused-ring (bicyclic) bond motifs is 1. The average molecular weight is 189 g/mol. The number of H-pyrrole nitrogens is 1. The maximum absolute atomic E-state index is 11.5. The molecule has 2 aromatic rings. The SMILES string of the molecule is CNc1cc2[nH]c(C)cc(=O)c2cn1. The van der Waals surface area contributed by atoms with E-state index in [1.807, 2.05) is 13.0 Å². The van der Waals surface area contributed by atoms with Crippen molar-refractivity contribution in [2.45, 2.75) is 6.92 Å². The van der Waals surface area contributed by atoms with Crippen LogP contribution >= 0.6 is 0 Å². The highest BCUT2D eigenvalue weighted by Crippen LogP contribution is 2.10. The van der Waals surface area contributed by atoms with Crippen molar-refractivity contribution in [2.24, 2.45) is 0 Å². The van der Waals surface area contributed by atoms with Crippen molar-refractivity contribution >= 4 is 16.7 Å². The van der Waals surface area contributed by atoms with Crippen LogP contribution in [0.2, 0.25) is 0 Å². The van der Waals surface area contributed by atoms with Crippen molar-refractivity contribution in [1.82, 2.24) is 9.97 Å². The third kappa shape index (κ3) is 1.35. The highest BCUT2D eigenvalue weighted by atomic mass is 16.1.